The molecular formula is C20H33N3O. The molecule has 1 spiro atoms. The molecule has 1 saturated heterocycles. The van der Waals surface area contributed by atoms with E-state index in [9.17, 15) is 5.11 Å². The van der Waals surface area contributed by atoms with Gasteiger partial charge in [-0.05, 0) is 69.3 Å². The van der Waals surface area contributed by atoms with Crippen LogP contribution in [0.25, 0.3) is 0 Å². The van der Waals surface area contributed by atoms with E-state index in [1.807, 2.05) is 12.4 Å². The Morgan fingerprint density at radius 1 is 1.42 bits per heavy atom. The summed E-state index contributed by atoms with van der Waals surface area (Å²) in [7, 11) is 2.22. The smallest absolute Gasteiger partial charge is 0.0699 e. The van der Waals surface area contributed by atoms with Crippen molar-refractivity contribution in [2.24, 2.45) is 11.3 Å². The van der Waals surface area contributed by atoms with Crippen LogP contribution < -0.4 is 5.32 Å². The first kappa shape index (κ1) is 17.8. The lowest BCUT2D eigenvalue weighted by atomic mass is 9.66. The molecule has 2 unspecified atom stereocenters. The highest BCUT2D eigenvalue weighted by atomic mass is 16.3. The summed E-state index contributed by atoms with van der Waals surface area (Å²) < 4.78 is 0. The summed E-state index contributed by atoms with van der Waals surface area (Å²) in [5.41, 5.74) is 2.99. The average Bonchev–Trinajstić information content (AvgIpc) is 2.82. The number of rotatable bonds is 6. The number of hydrogen-bond donors (Lipinski definition) is 2. The SMILES string of the molecule is Cc1ccncc1CCCN[C@@H]1CC2(C[C@H]1O)CN(C)C2C(C)C. The topological polar surface area (TPSA) is 48.4 Å². The van der Waals surface area contributed by atoms with Gasteiger partial charge in [-0.1, -0.05) is 13.8 Å². The molecule has 134 valence electrons. The Hall–Kier alpha value is -0.970. The third-order valence-corrected chi connectivity index (χ3v) is 6.18. The Morgan fingerprint density at radius 3 is 2.88 bits per heavy atom. The van der Waals surface area contributed by atoms with E-state index in [0.29, 0.717) is 17.4 Å². The number of hydrogen-bond acceptors (Lipinski definition) is 4. The van der Waals surface area contributed by atoms with E-state index in [-0.39, 0.29) is 12.1 Å². The van der Waals surface area contributed by atoms with Gasteiger partial charge < -0.3 is 15.3 Å². The molecule has 2 N–H and O–H groups in total. The highest BCUT2D eigenvalue weighted by Gasteiger charge is 2.57. The first-order valence-electron chi connectivity index (χ1n) is 9.44. The highest BCUT2D eigenvalue weighted by molar-refractivity contribution is 5.21. The van der Waals surface area contributed by atoms with Gasteiger partial charge in [0.25, 0.3) is 0 Å². The lowest BCUT2D eigenvalue weighted by Gasteiger charge is -2.57. The lowest BCUT2D eigenvalue weighted by molar-refractivity contribution is -0.0828. The number of likely N-dealkylation sites (tertiary alicyclic amines) is 1. The summed E-state index contributed by atoms with van der Waals surface area (Å²) in [6, 6.07) is 2.96. The van der Waals surface area contributed by atoms with Gasteiger partial charge in [0, 0.05) is 36.4 Å². The molecule has 0 amide bonds. The van der Waals surface area contributed by atoms with Gasteiger partial charge >= 0.3 is 0 Å². The van der Waals surface area contributed by atoms with Crippen molar-refractivity contribution < 1.29 is 5.11 Å². The number of aryl methyl sites for hydroxylation is 2. The van der Waals surface area contributed by atoms with Crippen molar-refractivity contribution in [1.29, 1.82) is 0 Å². The molecule has 0 bridgehead atoms. The van der Waals surface area contributed by atoms with Crippen LogP contribution in [0.4, 0.5) is 0 Å². The number of pyridine rings is 1. The quantitative estimate of drug-likeness (QED) is 0.786. The zero-order chi connectivity index (χ0) is 17.3. The van der Waals surface area contributed by atoms with Gasteiger partial charge in [-0.25, -0.2) is 0 Å². The zero-order valence-electron chi connectivity index (χ0n) is 15.6. The second kappa shape index (κ2) is 7.11. The van der Waals surface area contributed by atoms with Gasteiger partial charge in [0.15, 0.2) is 0 Å². The van der Waals surface area contributed by atoms with Crippen LogP contribution in [0.1, 0.15) is 44.2 Å². The Labute approximate surface area is 146 Å². The molecule has 4 atom stereocenters. The molecule has 2 aliphatic rings. The molecule has 3 rings (SSSR count). The van der Waals surface area contributed by atoms with Crippen molar-refractivity contribution in [3.05, 3.63) is 29.6 Å². The van der Waals surface area contributed by atoms with Crippen LogP contribution in [-0.2, 0) is 6.42 Å². The molecule has 24 heavy (non-hydrogen) atoms. The minimum Gasteiger partial charge on any atom is -0.391 e. The summed E-state index contributed by atoms with van der Waals surface area (Å²) in [4.78, 5) is 6.68. The van der Waals surface area contributed by atoms with Crippen molar-refractivity contribution in [3.8, 4) is 0 Å². The molecule has 1 aromatic rings. The monoisotopic (exact) mass is 331 g/mol. The van der Waals surface area contributed by atoms with Crippen molar-refractivity contribution in [3.63, 3.8) is 0 Å². The maximum atomic E-state index is 10.5. The van der Waals surface area contributed by atoms with Gasteiger partial charge in [0.1, 0.15) is 0 Å². The second-order valence-corrected chi connectivity index (χ2v) is 8.41. The molecule has 2 heterocycles. The molecule has 0 radical (unpaired) electrons. The van der Waals surface area contributed by atoms with Crippen LogP contribution in [-0.4, -0.2) is 53.3 Å². The van der Waals surface area contributed by atoms with E-state index >= 15 is 0 Å². The minimum atomic E-state index is -0.194. The van der Waals surface area contributed by atoms with Crippen molar-refractivity contribution >= 4 is 0 Å². The van der Waals surface area contributed by atoms with Crippen LogP contribution in [0.3, 0.4) is 0 Å². The summed E-state index contributed by atoms with van der Waals surface area (Å²) in [6.07, 6.45) is 7.86. The van der Waals surface area contributed by atoms with Crippen LogP contribution in [0.2, 0.25) is 0 Å². The van der Waals surface area contributed by atoms with Crippen LogP contribution >= 0.6 is 0 Å². The minimum absolute atomic E-state index is 0.194. The molecule has 1 aromatic heterocycles. The van der Waals surface area contributed by atoms with E-state index < -0.39 is 0 Å². The molecule has 1 aliphatic carbocycles. The number of nitrogens with zero attached hydrogens (tertiary/aromatic N) is 2. The Kier molecular flexibility index (Phi) is 5.28. The maximum absolute atomic E-state index is 10.5. The van der Waals surface area contributed by atoms with Crippen molar-refractivity contribution in [2.45, 2.75) is 64.6 Å². The standard InChI is InChI=1S/C20H33N3O/c1-14(2)19-20(13-23(19)4)10-17(18(24)11-20)22-8-5-6-16-12-21-9-7-15(16)3/h7,9,12,14,17-19,22,24H,5-6,8,10-11,13H2,1-4H3/t17-,18-,19?,20?/m1/s1. The van der Waals surface area contributed by atoms with Gasteiger partial charge in [0.2, 0.25) is 0 Å². The molecule has 1 aliphatic heterocycles. The summed E-state index contributed by atoms with van der Waals surface area (Å²) in [5, 5.41) is 14.2. The predicted molar refractivity (Wildman–Crippen MR) is 98.0 cm³/mol. The van der Waals surface area contributed by atoms with Gasteiger partial charge in [-0.15, -0.1) is 0 Å². The molecular weight excluding hydrogens is 298 g/mol. The number of aliphatic hydroxyl groups excluding tert-OH is 1. The highest BCUT2D eigenvalue weighted by Crippen LogP contribution is 2.52. The fraction of sp³-hybridized carbons (Fsp3) is 0.750. The normalized spacial score (nSPS) is 33.3. The van der Waals surface area contributed by atoms with Crippen molar-refractivity contribution in [1.82, 2.24) is 15.2 Å². The molecule has 0 aromatic carbocycles. The Morgan fingerprint density at radius 2 is 2.21 bits per heavy atom. The summed E-state index contributed by atoms with van der Waals surface area (Å²) >= 11 is 0. The number of aromatic nitrogens is 1. The largest absolute Gasteiger partial charge is 0.391 e. The van der Waals surface area contributed by atoms with E-state index in [2.05, 4.69) is 49.1 Å². The third-order valence-electron chi connectivity index (χ3n) is 6.18. The number of nitrogens with one attached hydrogen (secondary N) is 1. The molecule has 4 nitrogen and oxygen atoms in total. The summed E-state index contributed by atoms with van der Waals surface area (Å²) in [5.74, 6) is 0.656. The van der Waals surface area contributed by atoms with Crippen LogP contribution in [0, 0.1) is 18.3 Å². The first-order valence-corrected chi connectivity index (χ1v) is 9.44. The van der Waals surface area contributed by atoms with E-state index in [1.54, 1.807) is 0 Å². The fourth-order valence-corrected chi connectivity index (χ4v) is 5.38. The van der Waals surface area contributed by atoms with Crippen LogP contribution in [0.5, 0.6) is 0 Å². The van der Waals surface area contributed by atoms with E-state index in [0.717, 1.165) is 38.8 Å². The van der Waals surface area contributed by atoms with E-state index in [1.165, 1.54) is 11.1 Å². The lowest BCUT2D eigenvalue weighted by Crippen LogP contribution is -2.64. The first-order chi connectivity index (χ1) is 11.4. The molecule has 2 fully saturated rings. The maximum Gasteiger partial charge on any atom is 0.0699 e. The van der Waals surface area contributed by atoms with Gasteiger partial charge in [0.05, 0.1) is 6.10 Å². The molecule has 4 heteroatoms. The Bertz CT molecular complexity index is 557. The average molecular weight is 332 g/mol. The summed E-state index contributed by atoms with van der Waals surface area (Å²) in [6.45, 7) is 8.87. The predicted octanol–water partition coefficient (Wildman–Crippen LogP) is 2.39. The van der Waals surface area contributed by atoms with Crippen molar-refractivity contribution in [2.75, 3.05) is 20.1 Å². The third kappa shape index (κ3) is 3.37. The van der Waals surface area contributed by atoms with Gasteiger partial charge in [-0.2, -0.15) is 0 Å². The number of aliphatic hydroxyl groups is 1. The Balaban J connectivity index is 1.48. The van der Waals surface area contributed by atoms with Crippen LogP contribution in [0.15, 0.2) is 18.5 Å². The fourth-order valence-electron chi connectivity index (χ4n) is 5.38. The zero-order valence-corrected chi connectivity index (χ0v) is 15.6. The van der Waals surface area contributed by atoms with Gasteiger partial charge in [-0.3, -0.25) is 4.98 Å². The molecule has 1 saturated carbocycles. The second-order valence-electron chi connectivity index (χ2n) is 8.41. The van der Waals surface area contributed by atoms with E-state index in [4.69, 9.17) is 0 Å².